The first kappa shape index (κ1) is 10.4. The summed E-state index contributed by atoms with van der Waals surface area (Å²) < 4.78 is 24.0. The zero-order valence-electron chi connectivity index (χ0n) is 7.25. The number of hydrogen-bond acceptors (Lipinski definition) is 2. The van der Waals surface area contributed by atoms with Crippen molar-refractivity contribution in [2.45, 2.75) is 31.7 Å². The first-order valence-electron chi connectivity index (χ1n) is 4.33. The molecular formula is C8H13F2NO2. The van der Waals surface area contributed by atoms with Gasteiger partial charge in [-0.15, -0.1) is 0 Å². The van der Waals surface area contributed by atoms with Gasteiger partial charge in [0.25, 0.3) is 6.43 Å². The van der Waals surface area contributed by atoms with E-state index in [9.17, 15) is 13.6 Å². The number of aliphatic carboxylic acids is 1. The third-order valence-corrected chi connectivity index (χ3v) is 2.05. The lowest BCUT2D eigenvalue weighted by Gasteiger charge is -2.19. The molecule has 1 fully saturated rings. The van der Waals surface area contributed by atoms with Crippen LogP contribution in [-0.2, 0) is 4.79 Å². The van der Waals surface area contributed by atoms with Crippen LogP contribution in [0.2, 0.25) is 0 Å². The lowest BCUT2D eigenvalue weighted by atomic mass is 10.3. The van der Waals surface area contributed by atoms with Gasteiger partial charge < -0.3 is 5.11 Å². The van der Waals surface area contributed by atoms with Gasteiger partial charge in [-0.1, -0.05) is 0 Å². The summed E-state index contributed by atoms with van der Waals surface area (Å²) in [6.07, 6.45) is -0.573. The van der Waals surface area contributed by atoms with E-state index < -0.39 is 12.4 Å². The number of carboxylic acid groups (broad SMARTS) is 1. The molecule has 0 aromatic heterocycles. The summed E-state index contributed by atoms with van der Waals surface area (Å²) in [6, 6.07) is 0.202. The Balaban J connectivity index is 2.25. The largest absolute Gasteiger partial charge is 0.481 e. The van der Waals surface area contributed by atoms with Crippen LogP contribution in [0.25, 0.3) is 0 Å². The van der Waals surface area contributed by atoms with Crippen molar-refractivity contribution in [1.82, 2.24) is 4.90 Å². The topological polar surface area (TPSA) is 40.5 Å². The molecule has 0 saturated heterocycles. The molecule has 0 atom stereocenters. The molecule has 0 heterocycles. The van der Waals surface area contributed by atoms with E-state index in [-0.39, 0.29) is 25.6 Å². The summed E-state index contributed by atoms with van der Waals surface area (Å²) in [7, 11) is 0. The van der Waals surface area contributed by atoms with Gasteiger partial charge in [0.1, 0.15) is 0 Å². The third kappa shape index (κ3) is 4.17. The number of hydrogen-bond donors (Lipinski definition) is 1. The van der Waals surface area contributed by atoms with Gasteiger partial charge in [-0.3, -0.25) is 9.69 Å². The summed E-state index contributed by atoms with van der Waals surface area (Å²) in [5.74, 6) is -0.931. The van der Waals surface area contributed by atoms with Gasteiger partial charge in [0.05, 0.1) is 13.0 Å². The van der Waals surface area contributed by atoms with Crippen molar-refractivity contribution in [1.29, 1.82) is 0 Å². The first-order valence-corrected chi connectivity index (χ1v) is 4.33. The molecule has 0 spiro atoms. The van der Waals surface area contributed by atoms with Gasteiger partial charge in [-0.25, -0.2) is 8.78 Å². The predicted molar refractivity (Wildman–Crippen MR) is 42.9 cm³/mol. The quantitative estimate of drug-likeness (QED) is 0.688. The first-order chi connectivity index (χ1) is 6.09. The van der Waals surface area contributed by atoms with Gasteiger partial charge in [0.15, 0.2) is 0 Å². The molecule has 0 amide bonds. The van der Waals surface area contributed by atoms with Crippen LogP contribution in [0.3, 0.4) is 0 Å². The maximum absolute atomic E-state index is 12.0. The van der Waals surface area contributed by atoms with Crippen molar-refractivity contribution in [3.8, 4) is 0 Å². The van der Waals surface area contributed by atoms with Gasteiger partial charge in [-0.05, 0) is 12.8 Å². The minimum absolute atomic E-state index is 0.0524. The molecule has 1 N–H and O–H groups in total. The van der Waals surface area contributed by atoms with E-state index in [4.69, 9.17) is 5.11 Å². The predicted octanol–water partition coefficient (Wildman–Crippen LogP) is 1.19. The molecule has 1 aliphatic rings. The number of nitrogens with zero attached hydrogens (tertiary/aromatic N) is 1. The Morgan fingerprint density at radius 3 is 2.54 bits per heavy atom. The molecule has 13 heavy (non-hydrogen) atoms. The number of alkyl halides is 2. The maximum atomic E-state index is 12.0. The number of rotatable bonds is 6. The summed E-state index contributed by atoms with van der Waals surface area (Å²) in [5, 5.41) is 8.38. The minimum atomic E-state index is -2.37. The van der Waals surface area contributed by atoms with Crippen LogP contribution in [0, 0.1) is 0 Å². The molecule has 0 aromatic rings. The fourth-order valence-electron chi connectivity index (χ4n) is 1.28. The maximum Gasteiger partial charge on any atom is 0.304 e. The van der Waals surface area contributed by atoms with E-state index in [1.807, 2.05) is 0 Å². The second-order valence-corrected chi connectivity index (χ2v) is 3.26. The van der Waals surface area contributed by atoms with Gasteiger partial charge in [0.2, 0.25) is 0 Å². The van der Waals surface area contributed by atoms with Crippen LogP contribution in [0.4, 0.5) is 8.78 Å². The average molecular weight is 193 g/mol. The molecule has 5 heteroatoms. The van der Waals surface area contributed by atoms with E-state index in [1.165, 1.54) is 0 Å². The van der Waals surface area contributed by atoms with E-state index in [0.29, 0.717) is 0 Å². The molecule has 0 aromatic carbocycles. The van der Waals surface area contributed by atoms with Gasteiger partial charge in [-0.2, -0.15) is 0 Å². The van der Waals surface area contributed by atoms with E-state index in [1.54, 1.807) is 4.90 Å². The minimum Gasteiger partial charge on any atom is -0.481 e. The number of halogens is 2. The normalized spacial score (nSPS) is 16.9. The number of carboxylic acids is 1. The summed E-state index contributed by atoms with van der Waals surface area (Å²) >= 11 is 0. The monoisotopic (exact) mass is 193 g/mol. The molecule has 76 valence electrons. The molecule has 3 nitrogen and oxygen atoms in total. The van der Waals surface area contributed by atoms with Crippen LogP contribution in [-0.4, -0.2) is 41.5 Å². The lowest BCUT2D eigenvalue weighted by molar-refractivity contribution is -0.137. The standard InChI is InChI=1S/C8H13F2NO2/c9-7(10)5-11(6-1-2-6)4-3-8(12)13/h6-7H,1-5H2,(H,12,13). The molecule has 0 aliphatic heterocycles. The van der Waals surface area contributed by atoms with Crippen LogP contribution >= 0.6 is 0 Å². The van der Waals surface area contributed by atoms with E-state index in [2.05, 4.69) is 0 Å². The second-order valence-electron chi connectivity index (χ2n) is 3.26. The smallest absolute Gasteiger partial charge is 0.304 e. The molecule has 1 aliphatic carbocycles. The van der Waals surface area contributed by atoms with Crippen molar-refractivity contribution >= 4 is 5.97 Å². The zero-order chi connectivity index (χ0) is 9.84. The van der Waals surface area contributed by atoms with Crippen LogP contribution in [0.1, 0.15) is 19.3 Å². The molecule has 0 bridgehead atoms. The summed E-state index contributed by atoms with van der Waals surface area (Å²) in [5.41, 5.74) is 0. The molecule has 0 unspecified atom stereocenters. The highest BCUT2D eigenvalue weighted by Gasteiger charge is 2.30. The van der Waals surface area contributed by atoms with Crippen molar-refractivity contribution in [2.75, 3.05) is 13.1 Å². The lowest BCUT2D eigenvalue weighted by Crippen LogP contribution is -2.33. The average Bonchev–Trinajstić information content (AvgIpc) is 2.78. The van der Waals surface area contributed by atoms with E-state index >= 15 is 0 Å². The highest BCUT2D eigenvalue weighted by molar-refractivity contribution is 5.66. The molecule has 1 saturated carbocycles. The SMILES string of the molecule is O=C(O)CCN(CC(F)F)C1CC1. The van der Waals surface area contributed by atoms with Gasteiger partial charge >= 0.3 is 5.97 Å². The van der Waals surface area contributed by atoms with E-state index in [0.717, 1.165) is 12.8 Å². The van der Waals surface area contributed by atoms with Crippen LogP contribution < -0.4 is 0 Å². The number of carbonyl (C=O) groups is 1. The fraction of sp³-hybridized carbons (Fsp3) is 0.875. The molecular weight excluding hydrogens is 180 g/mol. The Bertz CT molecular complexity index is 183. The zero-order valence-corrected chi connectivity index (χ0v) is 7.25. The molecule has 1 rings (SSSR count). The Morgan fingerprint density at radius 2 is 2.15 bits per heavy atom. The second kappa shape index (κ2) is 4.50. The molecule has 0 radical (unpaired) electrons. The summed E-state index contributed by atoms with van der Waals surface area (Å²) in [4.78, 5) is 11.8. The van der Waals surface area contributed by atoms with Crippen molar-refractivity contribution in [3.63, 3.8) is 0 Å². The Morgan fingerprint density at radius 1 is 1.54 bits per heavy atom. The van der Waals surface area contributed by atoms with Crippen molar-refractivity contribution in [2.24, 2.45) is 0 Å². The van der Waals surface area contributed by atoms with Crippen molar-refractivity contribution < 1.29 is 18.7 Å². The third-order valence-electron chi connectivity index (χ3n) is 2.05. The Labute approximate surface area is 75.3 Å². The highest BCUT2D eigenvalue weighted by atomic mass is 19.3. The highest BCUT2D eigenvalue weighted by Crippen LogP contribution is 2.27. The van der Waals surface area contributed by atoms with Crippen LogP contribution in [0.5, 0.6) is 0 Å². The van der Waals surface area contributed by atoms with Gasteiger partial charge in [0, 0.05) is 12.6 Å². The fourth-order valence-corrected chi connectivity index (χ4v) is 1.28. The Kier molecular flexibility index (Phi) is 3.59. The Hall–Kier alpha value is -0.710. The summed E-state index contributed by atoms with van der Waals surface area (Å²) in [6.45, 7) is -0.0533. The van der Waals surface area contributed by atoms with Crippen molar-refractivity contribution in [3.05, 3.63) is 0 Å². The van der Waals surface area contributed by atoms with Crippen LogP contribution in [0.15, 0.2) is 0 Å².